The standard InChI is InChI=1S/C26H26Cl3N3O3S/c1-18-3-8-22(9-4-18)36(34,35)32(25-16-21(28)7-10-23(25)29)17-26(33)31-13-11-30(12-14-31)24-15-20(27)6-5-19(24)2/h3-10,15-16H,11-14,17H2,1-2H3. The maximum atomic E-state index is 13.7. The maximum Gasteiger partial charge on any atom is 0.264 e. The number of aryl methyl sites for hydroxylation is 2. The minimum absolute atomic E-state index is 0.0678. The maximum absolute atomic E-state index is 13.7. The molecule has 1 aliphatic heterocycles. The van der Waals surface area contributed by atoms with E-state index in [4.69, 9.17) is 34.8 Å². The summed E-state index contributed by atoms with van der Waals surface area (Å²) in [5.74, 6) is -0.316. The van der Waals surface area contributed by atoms with Crippen LogP contribution in [-0.4, -0.2) is 51.9 Å². The average molecular weight is 567 g/mol. The van der Waals surface area contributed by atoms with E-state index in [1.807, 2.05) is 32.0 Å². The summed E-state index contributed by atoms with van der Waals surface area (Å²) in [4.78, 5) is 17.3. The van der Waals surface area contributed by atoms with Gasteiger partial charge in [-0.3, -0.25) is 9.10 Å². The highest BCUT2D eigenvalue weighted by Crippen LogP contribution is 2.33. The molecule has 0 N–H and O–H groups in total. The van der Waals surface area contributed by atoms with Crippen molar-refractivity contribution in [2.24, 2.45) is 0 Å². The SMILES string of the molecule is Cc1ccc(S(=O)(=O)N(CC(=O)N2CCN(c3cc(Cl)ccc3C)CC2)c2cc(Cl)ccc2Cl)cc1. The molecule has 0 aromatic heterocycles. The second-order valence-electron chi connectivity index (χ2n) is 8.72. The van der Waals surface area contributed by atoms with Crippen molar-refractivity contribution in [2.45, 2.75) is 18.7 Å². The Kier molecular flexibility index (Phi) is 8.05. The van der Waals surface area contributed by atoms with E-state index in [0.29, 0.717) is 36.2 Å². The molecule has 1 saturated heterocycles. The molecule has 4 rings (SSSR count). The smallest absolute Gasteiger partial charge is 0.264 e. The first-order chi connectivity index (χ1) is 17.1. The van der Waals surface area contributed by atoms with Crippen LogP contribution in [0.3, 0.4) is 0 Å². The molecule has 1 aliphatic rings. The number of hydrogen-bond acceptors (Lipinski definition) is 4. The number of sulfonamides is 1. The van der Waals surface area contributed by atoms with Gasteiger partial charge in [-0.25, -0.2) is 8.42 Å². The normalized spacial score (nSPS) is 14.1. The van der Waals surface area contributed by atoms with Gasteiger partial charge in [0.1, 0.15) is 6.54 Å². The summed E-state index contributed by atoms with van der Waals surface area (Å²) in [6, 6.07) is 16.8. The molecule has 1 fully saturated rings. The lowest BCUT2D eigenvalue weighted by atomic mass is 10.1. The molecule has 6 nitrogen and oxygen atoms in total. The first kappa shape index (κ1) is 26.6. The lowest BCUT2D eigenvalue weighted by Crippen LogP contribution is -2.52. The van der Waals surface area contributed by atoms with E-state index in [-0.39, 0.29) is 21.5 Å². The third-order valence-corrected chi connectivity index (χ3v) is 8.77. The molecule has 0 aliphatic carbocycles. The van der Waals surface area contributed by atoms with Gasteiger partial charge < -0.3 is 9.80 Å². The number of halogens is 3. The zero-order valence-corrected chi connectivity index (χ0v) is 23.0. The monoisotopic (exact) mass is 565 g/mol. The second kappa shape index (κ2) is 10.9. The van der Waals surface area contributed by atoms with Crippen LogP contribution >= 0.6 is 34.8 Å². The van der Waals surface area contributed by atoms with Crippen molar-refractivity contribution in [1.29, 1.82) is 0 Å². The molecular weight excluding hydrogens is 541 g/mol. The largest absolute Gasteiger partial charge is 0.368 e. The minimum Gasteiger partial charge on any atom is -0.368 e. The van der Waals surface area contributed by atoms with Crippen molar-refractivity contribution in [1.82, 2.24) is 4.90 Å². The predicted octanol–water partition coefficient (Wildman–Crippen LogP) is 5.81. The van der Waals surface area contributed by atoms with Crippen LogP contribution in [0.5, 0.6) is 0 Å². The zero-order chi connectivity index (χ0) is 26.0. The topological polar surface area (TPSA) is 60.9 Å². The Labute approximate surface area is 227 Å². The van der Waals surface area contributed by atoms with E-state index in [2.05, 4.69) is 4.90 Å². The molecule has 0 atom stereocenters. The highest BCUT2D eigenvalue weighted by atomic mass is 35.5. The van der Waals surface area contributed by atoms with Crippen LogP contribution in [0.25, 0.3) is 0 Å². The van der Waals surface area contributed by atoms with Gasteiger partial charge in [-0.1, -0.05) is 58.6 Å². The zero-order valence-electron chi connectivity index (χ0n) is 19.9. The Morgan fingerprint density at radius 1 is 0.861 bits per heavy atom. The molecule has 190 valence electrons. The number of benzene rings is 3. The first-order valence-electron chi connectivity index (χ1n) is 11.4. The Morgan fingerprint density at radius 2 is 1.47 bits per heavy atom. The fourth-order valence-corrected chi connectivity index (χ4v) is 6.18. The molecule has 0 radical (unpaired) electrons. The van der Waals surface area contributed by atoms with Gasteiger partial charge in [0.2, 0.25) is 5.91 Å². The van der Waals surface area contributed by atoms with Crippen molar-refractivity contribution in [3.63, 3.8) is 0 Å². The van der Waals surface area contributed by atoms with E-state index in [0.717, 1.165) is 21.1 Å². The summed E-state index contributed by atoms with van der Waals surface area (Å²) < 4.78 is 28.4. The van der Waals surface area contributed by atoms with Crippen molar-refractivity contribution in [3.8, 4) is 0 Å². The molecule has 36 heavy (non-hydrogen) atoms. The molecule has 0 unspecified atom stereocenters. The molecule has 3 aromatic rings. The number of rotatable bonds is 6. The van der Waals surface area contributed by atoms with Gasteiger partial charge in [-0.15, -0.1) is 0 Å². The van der Waals surface area contributed by atoms with Gasteiger partial charge in [0.15, 0.2) is 0 Å². The quantitative estimate of drug-likeness (QED) is 0.378. The van der Waals surface area contributed by atoms with Crippen molar-refractivity contribution >= 4 is 62.1 Å². The highest BCUT2D eigenvalue weighted by molar-refractivity contribution is 7.92. The van der Waals surface area contributed by atoms with Crippen LogP contribution < -0.4 is 9.21 Å². The van der Waals surface area contributed by atoms with Crippen molar-refractivity contribution in [2.75, 3.05) is 41.9 Å². The van der Waals surface area contributed by atoms with Crippen molar-refractivity contribution < 1.29 is 13.2 Å². The molecule has 0 spiro atoms. The Morgan fingerprint density at radius 3 is 2.14 bits per heavy atom. The molecule has 10 heteroatoms. The van der Waals surface area contributed by atoms with Gasteiger partial charge in [0, 0.05) is 41.9 Å². The lowest BCUT2D eigenvalue weighted by Gasteiger charge is -2.37. The molecule has 3 aromatic carbocycles. The van der Waals surface area contributed by atoms with Gasteiger partial charge in [0.25, 0.3) is 10.0 Å². The minimum atomic E-state index is -4.09. The summed E-state index contributed by atoms with van der Waals surface area (Å²) in [6.45, 7) is 5.61. The number of anilines is 2. The Balaban J connectivity index is 1.58. The molecule has 0 bridgehead atoms. The van der Waals surface area contributed by atoms with Crippen LogP contribution in [0.2, 0.25) is 15.1 Å². The number of hydrogen-bond donors (Lipinski definition) is 0. The van der Waals surface area contributed by atoms with E-state index < -0.39 is 16.6 Å². The molecule has 1 heterocycles. The van der Waals surface area contributed by atoms with E-state index in [9.17, 15) is 13.2 Å². The predicted molar refractivity (Wildman–Crippen MR) is 147 cm³/mol. The average Bonchev–Trinajstić information content (AvgIpc) is 2.86. The fourth-order valence-electron chi connectivity index (χ4n) is 4.16. The van der Waals surface area contributed by atoms with Gasteiger partial charge in [-0.05, 0) is 61.9 Å². The molecular formula is C26H26Cl3N3O3S. The van der Waals surface area contributed by atoms with Gasteiger partial charge in [-0.2, -0.15) is 0 Å². The Bertz CT molecular complexity index is 1370. The molecule has 1 amide bonds. The third-order valence-electron chi connectivity index (χ3n) is 6.21. The van der Waals surface area contributed by atoms with Gasteiger partial charge >= 0.3 is 0 Å². The van der Waals surface area contributed by atoms with E-state index >= 15 is 0 Å². The lowest BCUT2D eigenvalue weighted by molar-refractivity contribution is -0.129. The summed E-state index contributed by atoms with van der Waals surface area (Å²) in [6.07, 6.45) is 0. The van der Waals surface area contributed by atoms with Crippen LogP contribution in [-0.2, 0) is 14.8 Å². The summed E-state index contributed by atoms with van der Waals surface area (Å²) >= 11 is 18.7. The first-order valence-corrected chi connectivity index (χ1v) is 14.0. The third kappa shape index (κ3) is 5.75. The number of amides is 1. The summed E-state index contributed by atoms with van der Waals surface area (Å²) in [5, 5.41) is 1.16. The molecule has 0 saturated carbocycles. The van der Waals surface area contributed by atoms with Crippen LogP contribution in [0.4, 0.5) is 11.4 Å². The number of nitrogens with zero attached hydrogens (tertiary/aromatic N) is 3. The summed E-state index contributed by atoms with van der Waals surface area (Å²) in [5.41, 5.74) is 3.21. The van der Waals surface area contributed by atoms with E-state index in [1.165, 1.54) is 24.3 Å². The number of piperazine rings is 1. The second-order valence-corrected chi connectivity index (χ2v) is 11.9. The Hall–Kier alpha value is -2.45. The fraction of sp³-hybridized carbons (Fsp3) is 0.269. The van der Waals surface area contributed by atoms with Gasteiger partial charge in [0.05, 0.1) is 15.6 Å². The number of carbonyl (C=O) groups is 1. The van der Waals surface area contributed by atoms with Crippen LogP contribution in [0, 0.1) is 13.8 Å². The van der Waals surface area contributed by atoms with Crippen molar-refractivity contribution in [3.05, 3.63) is 86.9 Å². The van der Waals surface area contributed by atoms with E-state index in [1.54, 1.807) is 23.1 Å². The summed E-state index contributed by atoms with van der Waals surface area (Å²) in [7, 11) is -4.09. The highest BCUT2D eigenvalue weighted by Gasteiger charge is 2.31. The number of carbonyl (C=O) groups excluding carboxylic acids is 1. The van der Waals surface area contributed by atoms with Crippen LogP contribution in [0.1, 0.15) is 11.1 Å². The van der Waals surface area contributed by atoms with Crippen LogP contribution in [0.15, 0.2) is 65.6 Å².